The Bertz CT molecular complexity index is 377. The molecule has 1 fully saturated rings. The first-order chi connectivity index (χ1) is 7.20. The van der Waals surface area contributed by atoms with Gasteiger partial charge in [-0.25, -0.2) is 0 Å². The predicted octanol–water partition coefficient (Wildman–Crippen LogP) is 3.54. The second-order valence-electron chi connectivity index (χ2n) is 4.83. The summed E-state index contributed by atoms with van der Waals surface area (Å²) in [4.78, 5) is 3.15. The van der Waals surface area contributed by atoms with Crippen molar-refractivity contribution in [2.24, 2.45) is 11.8 Å². The Labute approximate surface area is 96.7 Å². The number of aromatic nitrogens is 2. The third-order valence-electron chi connectivity index (χ3n) is 3.56. The van der Waals surface area contributed by atoms with Crippen LogP contribution in [0.25, 0.3) is 0 Å². The van der Waals surface area contributed by atoms with E-state index in [4.69, 9.17) is 12.2 Å². The Morgan fingerprint density at radius 2 is 2.33 bits per heavy atom. The van der Waals surface area contributed by atoms with E-state index in [0.29, 0.717) is 0 Å². The maximum atomic E-state index is 5.31. The van der Waals surface area contributed by atoms with Crippen LogP contribution in [-0.2, 0) is 13.0 Å². The molecular weight excluding hydrogens is 204 g/mol. The van der Waals surface area contributed by atoms with Crippen molar-refractivity contribution in [3.63, 3.8) is 0 Å². The molecule has 0 bridgehead atoms. The maximum Gasteiger partial charge on any atom is 0.177 e. The molecule has 1 aromatic rings. The number of imidazole rings is 1. The van der Waals surface area contributed by atoms with Gasteiger partial charge in [0, 0.05) is 18.4 Å². The zero-order valence-electron chi connectivity index (χ0n) is 9.62. The van der Waals surface area contributed by atoms with Gasteiger partial charge in [-0.05, 0) is 43.3 Å². The Hall–Kier alpha value is -0.570. The number of rotatable bonds is 3. The van der Waals surface area contributed by atoms with E-state index >= 15 is 0 Å². The number of hydrogen-bond donors (Lipinski definition) is 1. The van der Waals surface area contributed by atoms with E-state index in [2.05, 4.69) is 29.6 Å². The highest BCUT2D eigenvalue weighted by molar-refractivity contribution is 7.71. The van der Waals surface area contributed by atoms with Crippen LogP contribution >= 0.6 is 12.2 Å². The highest BCUT2D eigenvalue weighted by atomic mass is 32.1. The van der Waals surface area contributed by atoms with Crippen molar-refractivity contribution in [2.75, 3.05) is 0 Å². The third-order valence-corrected chi connectivity index (χ3v) is 3.90. The number of aromatic amines is 1. The zero-order valence-corrected chi connectivity index (χ0v) is 10.4. The van der Waals surface area contributed by atoms with E-state index < -0.39 is 0 Å². The van der Waals surface area contributed by atoms with Crippen molar-refractivity contribution in [1.29, 1.82) is 0 Å². The van der Waals surface area contributed by atoms with Crippen LogP contribution < -0.4 is 0 Å². The van der Waals surface area contributed by atoms with Crippen molar-refractivity contribution in [2.45, 2.75) is 46.1 Å². The minimum atomic E-state index is 0.841. The van der Waals surface area contributed by atoms with Crippen LogP contribution in [0, 0.1) is 16.6 Å². The van der Waals surface area contributed by atoms with Crippen LogP contribution in [0.2, 0.25) is 0 Å². The summed E-state index contributed by atoms with van der Waals surface area (Å²) in [6, 6.07) is 0. The molecule has 0 radical (unpaired) electrons. The van der Waals surface area contributed by atoms with E-state index in [1.807, 2.05) is 0 Å². The van der Waals surface area contributed by atoms with Gasteiger partial charge in [-0.2, -0.15) is 0 Å². The van der Waals surface area contributed by atoms with Crippen LogP contribution in [0.1, 0.15) is 38.8 Å². The van der Waals surface area contributed by atoms with Gasteiger partial charge in [0.25, 0.3) is 0 Å². The summed E-state index contributed by atoms with van der Waals surface area (Å²) < 4.78 is 3.18. The Morgan fingerprint density at radius 3 is 2.93 bits per heavy atom. The van der Waals surface area contributed by atoms with Gasteiger partial charge in [-0.15, -0.1) is 0 Å². The highest BCUT2D eigenvalue weighted by Crippen LogP contribution is 2.31. The first-order valence-electron chi connectivity index (χ1n) is 5.97. The highest BCUT2D eigenvalue weighted by Gasteiger charge is 2.22. The van der Waals surface area contributed by atoms with E-state index in [-0.39, 0.29) is 0 Å². The second-order valence-corrected chi connectivity index (χ2v) is 5.22. The van der Waals surface area contributed by atoms with Gasteiger partial charge < -0.3 is 9.55 Å². The lowest BCUT2D eigenvalue weighted by atomic mass is 10.1. The molecule has 2 nitrogen and oxygen atoms in total. The van der Waals surface area contributed by atoms with Gasteiger partial charge in [0.15, 0.2) is 4.77 Å². The average Bonchev–Trinajstić information content (AvgIpc) is 2.76. The summed E-state index contributed by atoms with van der Waals surface area (Å²) in [6.45, 7) is 5.67. The Morgan fingerprint density at radius 1 is 1.53 bits per heavy atom. The number of hydrogen-bond acceptors (Lipinski definition) is 1. The Balaban J connectivity index is 2.10. The maximum absolute atomic E-state index is 5.31. The van der Waals surface area contributed by atoms with E-state index in [1.54, 1.807) is 0 Å². The van der Waals surface area contributed by atoms with E-state index in [0.717, 1.165) is 29.6 Å². The molecule has 3 heteroatoms. The number of aryl methyl sites for hydroxylation is 1. The van der Waals surface area contributed by atoms with Gasteiger partial charge in [0.05, 0.1) is 0 Å². The fourth-order valence-corrected chi connectivity index (χ4v) is 2.92. The van der Waals surface area contributed by atoms with Crippen LogP contribution in [0.5, 0.6) is 0 Å². The molecule has 1 saturated carbocycles. The van der Waals surface area contributed by atoms with Crippen LogP contribution in [-0.4, -0.2) is 9.55 Å². The normalized spacial score (nSPS) is 26.0. The van der Waals surface area contributed by atoms with Crippen LogP contribution in [0.4, 0.5) is 0 Å². The van der Waals surface area contributed by atoms with Gasteiger partial charge in [0.1, 0.15) is 0 Å². The summed E-state index contributed by atoms with van der Waals surface area (Å²) in [5.41, 5.74) is 1.35. The summed E-state index contributed by atoms with van der Waals surface area (Å²) >= 11 is 5.31. The minimum absolute atomic E-state index is 0.841. The van der Waals surface area contributed by atoms with Gasteiger partial charge in [0.2, 0.25) is 0 Å². The molecule has 2 atom stereocenters. The first kappa shape index (κ1) is 10.9. The van der Waals surface area contributed by atoms with Crippen LogP contribution in [0.3, 0.4) is 0 Å². The molecule has 0 saturated heterocycles. The van der Waals surface area contributed by atoms with Crippen molar-refractivity contribution in [3.05, 3.63) is 16.7 Å². The minimum Gasteiger partial charge on any atom is -0.337 e. The lowest BCUT2D eigenvalue weighted by molar-refractivity contribution is 0.431. The van der Waals surface area contributed by atoms with Gasteiger partial charge in [-0.1, -0.05) is 20.3 Å². The van der Waals surface area contributed by atoms with Crippen molar-refractivity contribution < 1.29 is 0 Å². The molecule has 0 aliphatic heterocycles. The lowest BCUT2D eigenvalue weighted by Crippen LogP contribution is -2.10. The second kappa shape index (κ2) is 4.52. The van der Waals surface area contributed by atoms with Crippen LogP contribution in [0.15, 0.2) is 6.20 Å². The van der Waals surface area contributed by atoms with E-state index in [9.17, 15) is 0 Å². The van der Waals surface area contributed by atoms with Gasteiger partial charge in [-0.3, -0.25) is 0 Å². The smallest absolute Gasteiger partial charge is 0.177 e. The van der Waals surface area contributed by atoms with Crippen molar-refractivity contribution >= 4 is 12.2 Å². The first-order valence-corrected chi connectivity index (χ1v) is 6.38. The summed E-state index contributed by atoms with van der Waals surface area (Å²) in [6.07, 6.45) is 7.26. The number of H-pyrrole nitrogens is 1. The Kier molecular flexibility index (Phi) is 3.29. The fraction of sp³-hybridized carbons (Fsp3) is 0.750. The average molecular weight is 224 g/mol. The van der Waals surface area contributed by atoms with Crippen molar-refractivity contribution in [3.8, 4) is 0 Å². The molecule has 1 aliphatic rings. The van der Waals surface area contributed by atoms with Gasteiger partial charge >= 0.3 is 0 Å². The molecule has 1 aliphatic carbocycles. The van der Waals surface area contributed by atoms with E-state index in [1.165, 1.54) is 25.0 Å². The molecule has 0 spiro atoms. The molecule has 0 aromatic carbocycles. The zero-order chi connectivity index (χ0) is 10.8. The molecule has 0 amide bonds. The molecule has 15 heavy (non-hydrogen) atoms. The summed E-state index contributed by atoms with van der Waals surface area (Å²) in [7, 11) is 0. The number of nitrogens with zero attached hydrogens (tertiary/aromatic N) is 1. The molecule has 1 aromatic heterocycles. The topological polar surface area (TPSA) is 20.7 Å². The molecular formula is C12H20N2S. The monoisotopic (exact) mass is 224 g/mol. The standard InChI is InChI=1S/C12H20N2S/c1-3-11-7-13-12(15)14(11)8-10-5-4-9(2)6-10/h7,9-10H,3-6,8H2,1-2H3,(H,13,15). The quantitative estimate of drug-likeness (QED) is 0.779. The number of nitrogens with one attached hydrogen (secondary N) is 1. The largest absolute Gasteiger partial charge is 0.337 e. The molecule has 2 rings (SSSR count). The third kappa shape index (κ3) is 2.33. The molecule has 1 heterocycles. The summed E-state index contributed by atoms with van der Waals surface area (Å²) in [5.74, 6) is 1.75. The summed E-state index contributed by atoms with van der Waals surface area (Å²) in [5, 5.41) is 0. The fourth-order valence-electron chi connectivity index (χ4n) is 2.67. The molecule has 84 valence electrons. The molecule has 1 N–H and O–H groups in total. The molecule has 2 unspecified atom stereocenters. The lowest BCUT2D eigenvalue weighted by Gasteiger charge is -2.12. The van der Waals surface area contributed by atoms with Crippen molar-refractivity contribution in [1.82, 2.24) is 9.55 Å². The predicted molar refractivity (Wildman–Crippen MR) is 65.5 cm³/mol. The SMILES string of the molecule is CCc1c[nH]c(=S)n1CC1CCC(C)C1.